The minimum atomic E-state index is -0.304. The number of nitrogens with zero attached hydrogens (tertiary/aromatic N) is 1. The number of para-hydroxylation sites is 1. The largest absolute Gasteiger partial charge is 0.324 e. The number of rotatable bonds is 8. The lowest BCUT2D eigenvalue weighted by molar-refractivity contribution is -0.117. The molecule has 0 aliphatic carbocycles. The molecule has 4 nitrogen and oxygen atoms in total. The number of benzene rings is 3. The van der Waals surface area contributed by atoms with Gasteiger partial charge in [-0.15, -0.1) is 0 Å². The summed E-state index contributed by atoms with van der Waals surface area (Å²) in [6.07, 6.45) is 3.93. The van der Waals surface area contributed by atoms with E-state index in [1.54, 1.807) is 0 Å². The number of carbonyl (C=O) groups excluding carboxylic acids is 1. The molecule has 1 atom stereocenters. The Morgan fingerprint density at radius 2 is 1.50 bits per heavy atom. The topological polar surface area (TPSA) is 44.4 Å². The van der Waals surface area contributed by atoms with Gasteiger partial charge in [0.15, 0.2) is 0 Å². The Bertz CT molecular complexity index is 1010. The molecule has 1 aliphatic rings. The molecule has 3 aromatic rings. The molecule has 32 heavy (non-hydrogen) atoms. The predicted molar refractivity (Wildman–Crippen MR) is 132 cm³/mol. The molecule has 0 aromatic heterocycles. The number of carbonyl (C=O) groups is 1. The van der Waals surface area contributed by atoms with E-state index in [9.17, 15) is 4.79 Å². The highest BCUT2D eigenvalue weighted by atomic mass is 16.2. The molecule has 1 fully saturated rings. The fourth-order valence-corrected chi connectivity index (χ4v) is 4.30. The van der Waals surface area contributed by atoms with Crippen molar-refractivity contribution in [1.29, 1.82) is 0 Å². The van der Waals surface area contributed by atoms with Crippen LogP contribution >= 0.6 is 0 Å². The maximum Gasteiger partial charge on any atom is 0.241 e. The van der Waals surface area contributed by atoms with E-state index in [2.05, 4.69) is 51.9 Å². The fourth-order valence-electron chi connectivity index (χ4n) is 4.30. The Balaban J connectivity index is 1.37. The van der Waals surface area contributed by atoms with Gasteiger partial charge in [0.25, 0.3) is 0 Å². The number of hydrogen-bond acceptors (Lipinski definition) is 3. The number of piperidine rings is 1. The van der Waals surface area contributed by atoms with Crippen LogP contribution < -0.4 is 10.6 Å². The maximum atomic E-state index is 12.9. The second kappa shape index (κ2) is 11.1. The summed E-state index contributed by atoms with van der Waals surface area (Å²) in [7, 11) is 0. The molecule has 0 radical (unpaired) electrons. The van der Waals surface area contributed by atoms with Crippen molar-refractivity contribution in [3.05, 3.63) is 90.0 Å². The van der Waals surface area contributed by atoms with Crippen molar-refractivity contribution in [2.24, 2.45) is 0 Å². The molecule has 0 bridgehead atoms. The highest BCUT2D eigenvalue weighted by molar-refractivity contribution is 5.98. The first-order chi connectivity index (χ1) is 15.7. The fraction of sp³-hybridized carbons (Fsp3) is 0.321. The average molecular weight is 428 g/mol. The summed E-state index contributed by atoms with van der Waals surface area (Å²) in [5.74, 6) is -0.0260. The summed E-state index contributed by atoms with van der Waals surface area (Å²) in [4.78, 5) is 15.5. The van der Waals surface area contributed by atoms with Crippen LogP contribution in [0, 0.1) is 0 Å². The van der Waals surface area contributed by atoms with Gasteiger partial charge in [-0.3, -0.25) is 9.69 Å². The van der Waals surface area contributed by atoms with Gasteiger partial charge in [-0.1, -0.05) is 79.2 Å². The smallest absolute Gasteiger partial charge is 0.241 e. The van der Waals surface area contributed by atoms with Crippen molar-refractivity contribution in [3.8, 4) is 11.1 Å². The van der Waals surface area contributed by atoms with E-state index < -0.39 is 0 Å². The quantitative estimate of drug-likeness (QED) is 0.502. The lowest BCUT2D eigenvalue weighted by atomic mass is 10.0. The van der Waals surface area contributed by atoms with Gasteiger partial charge in [0.1, 0.15) is 0 Å². The van der Waals surface area contributed by atoms with E-state index in [1.807, 2.05) is 49.4 Å². The second-order valence-corrected chi connectivity index (χ2v) is 8.61. The molecule has 4 rings (SSSR count). The van der Waals surface area contributed by atoms with E-state index >= 15 is 0 Å². The van der Waals surface area contributed by atoms with Crippen LogP contribution in [0.15, 0.2) is 78.9 Å². The third-order valence-corrected chi connectivity index (χ3v) is 6.22. The number of likely N-dealkylation sites (tertiary alicyclic amines) is 1. The zero-order chi connectivity index (χ0) is 22.2. The highest BCUT2D eigenvalue weighted by Gasteiger charge is 2.16. The van der Waals surface area contributed by atoms with Crippen LogP contribution in [-0.2, 0) is 17.9 Å². The first-order valence-corrected chi connectivity index (χ1v) is 11.7. The minimum Gasteiger partial charge on any atom is -0.324 e. The SMILES string of the molecule is CC(NCc1ccccc1CN1CCCCC1)C(=O)Nc1ccccc1-c1ccccc1. The number of nitrogens with one attached hydrogen (secondary N) is 2. The summed E-state index contributed by atoms with van der Waals surface area (Å²) in [6, 6.07) is 26.4. The van der Waals surface area contributed by atoms with Gasteiger partial charge in [-0.2, -0.15) is 0 Å². The molecule has 0 spiro atoms. The molecule has 166 valence electrons. The number of amides is 1. The van der Waals surface area contributed by atoms with Crippen LogP contribution in [0.25, 0.3) is 11.1 Å². The Morgan fingerprint density at radius 3 is 2.28 bits per heavy atom. The number of anilines is 1. The van der Waals surface area contributed by atoms with E-state index in [0.717, 1.165) is 23.4 Å². The monoisotopic (exact) mass is 427 g/mol. The van der Waals surface area contributed by atoms with Crippen LogP contribution in [0.1, 0.15) is 37.3 Å². The molecule has 1 heterocycles. The maximum absolute atomic E-state index is 12.9. The van der Waals surface area contributed by atoms with E-state index in [1.165, 1.54) is 43.5 Å². The Morgan fingerprint density at radius 1 is 0.844 bits per heavy atom. The van der Waals surface area contributed by atoms with Crippen molar-refractivity contribution in [2.75, 3.05) is 18.4 Å². The molecular weight excluding hydrogens is 394 g/mol. The first-order valence-electron chi connectivity index (χ1n) is 11.7. The summed E-state index contributed by atoms with van der Waals surface area (Å²) in [6.45, 7) is 5.96. The van der Waals surface area contributed by atoms with Crippen molar-refractivity contribution >= 4 is 11.6 Å². The van der Waals surface area contributed by atoms with Crippen molar-refractivity contribution in [3.63, 3.8) is 0 Å². The van der Waals surface area contributed by atoms with Crippen LogP contribution in [0.2, 0.25) is 0 Å². The zero-order valence-corrected chi connectivity index (χ0v) is 18.9. The summed E-state index contributed by atoms with van der Waals surface area (Å²) in [5, 5.41) is 6.54. The van der Waals surface area contributed by atoms with Crippen LogP contribution in [0.3, 0.4) is 0 Å². The van der Waals surface area contributed by atoms with Gasteiger partial charge in [-0.05, 0) is 55.6 Å². The van der Waals surface area contributed by atoms with Crippen molar-refractivity contribution in [2.45, 2.75) is 45.3 Å². The molecule has 3 aromatic carbocycles. The Labute approximate surface area is 191 Å². The zero-order valence-electron chi connectivity index (χ0n) is 18.9. The first kappa shape index (κ1) is 22.3. The molecule has 2 N–H and O–H groups in total. The van der Waals surface area contributed by atoms with Gasteiger partial charge in [-0.25, -0.2) is 0 Å². The van der Waals surface area contributed by atoms with Gasteiger partial charge >= 0.3 is 0 Å². The summed E-state index contributed by atoms with van der Waals surface area (Å²) >= 11 is 0. The normalized spacial score (nSPS) is 15.3. The molecular formula is C28H33N3O. The third-order valence-electron chi connectivity index (χ3n) is 6.22. The number of hydrogen-bond donors (Lipinski definition) is 2. The molecule has 1 aliphatic heterocycles. The predicted octanol–water partition coefficient (Wildman–Crippen LogP) is 5.46. The molecule has 1 amide bonds. The Kier molecular flexibility index (Phi) is 7.70. The molecule has 1 unspecified atom stereocenters. The molecule has 0 saturated carbocycles. The van der Waals surface area contributed by atoms with E-state index in [0.29, 0.717) is 6.54 Å². The van der Waals surface area contributed by atoms with Crippen LogP contribution in [-0.4, -0.2) is 29.9 Å². The average Bonchev–Trinajstić information content (AvgIpc) is 2.85. The van der Waals surface area contributed by atoms with E-state index in [-0.39, 0.29) is 11.9 Å². The highest BCUT2D eigenvalue weighted by Crippen LogP contribution is 2.27. The van der Waals surface area contributed by atoms with Gasteiger partial charge < -0.3 is 10.6 Å². The van der Waals surface area contributed by atoms with Crippen molar-refractivity contribution < 1.29 is 4.79 Å². The van der Waals surface area contributed by atoms with Gasteiger partial charge in [0.2, 0.25) is 5.91 Å². The van der Waals surface area contributed by atoms with Gasteiger partial charge in [0, 0.05) is 24.3 Å². The minimum absolute atomic E-state index is 0.0260. The molecule has 4 heteroatoms. The van der Waals surface area contributed by atoms with Crippen LogP contribution in [0.5, 0.6) is 0 Å². The van der Waals surface area contributed by atoms with Crippen molar-refractivity contribution in [1.82, 2.24) is 10.2 Å². The lowest BCUT2D eigenvalue weighted by Gasteiger charge is -2.27. The molecule has 1 saturated heterocycles. The van der Waals surface area contributed by atoms with Crippen LogP contribution in [0.4, 0.5) is 5.69 Å². The van der Waals surface area contributed by atoms with E-state index in [4.69, 9.17) is 0 Å². The summed E-state index contributed by atoms with van der Waals surface area (Å²) in [5.41, 5.74) is 5.57. The second-order valence-electron chi connectivity index (χ2n) is 8.61. The lowest BCUT2D eigenvalue weighted by Crippen LogP contribution is -2.38. The van der Waals surface area contributed by atoms with Gasteiger partial charge in [0.05, 0.1) is 6.04 Å². The third kappa shape index (κ3) is 5.84. The Hall–Kier alpha value is -2.95. The standard InChI is InChI=1S/C28H33N3O/c1-22(28(32)30-27-17-9-8-16-26(27)23-12-4-2-5-13-23)29-20-24-14-6-7-15-25(24)21-31-18-10-3-11-19-31/h2,4-9,12-17,22,29H,3,10-11,18-21H2,1H3,(H,30,32). The summed E-state index contributed by atoms with van der Waals surface area (Å²) < 4.78 is 0.